The van der Waals surface area contributed by atoms with Crippen LogP contribution in [0.15, 0.2) is 18.2 Å². The SMILES string of the molecule is Cc1cccc(C)c1P=O. The van der Waals surface area contributed by atoms with Crippen molar-refractivity contribution < 1.29 is 4.57 Å². The fourth-order valence-corrected chi connectivity index (χ4v) is 1.39. The molecule has 1 aromatic carbocycles. The monoisotopic (exact) mass is 152 g/mol. The Morgan fingerprint density at radius 3 is 2.00 bits per heavy atom. The first-order valence-corrected chi connectivity index (χ1v) is 3.96. The van der Waals surface area contributed by atoms with Crippen molar-refractivity contribution >= 4 is 13.8 Å². The van der Waals surface area contributed by atoms with Gasteiger partial charge in [-0.15, -0.1) is 0 Å². The maximum absolute atomic E-state index is 10.5. The molecule has 0 bridgehead atoms. The summed E-state index contributed by atoms with van der Waals surface area (Å²) in [6, 6.07) is 5.90. The Balaban J connectivity index is 3.30. The van der Waals surface area contributed by atoms with E-state index in [1.54, 1.807) is 0 Å². The van der Waals surface area contributed by atoms with Gasteiger partial charge in [0.05, 0.1) is 0 Å². The molecule has 0 fully saturated rings. The Morgan fingerprint density at radius 1 is 1.20 bits per heavy atom. The second-order valence-corrected chi connectivity index (χ2v) is 2.96. The molecule has 0 saturated heterocycles. The molecule has 1 aromatic rings. The van der Waals surface area contributed by atoms with E-state index in [4.69, 9.17) is 0 Å². The molecule has 1 nitrogen and oxygen atoms in total. The predicted octanol–water partition coefficient (Wildman–Crippen LogP) is 2.22. The lowest BCUT2D eigenvalue weighted by molar-refractivity contribution is 0.603. The van der Waals surface area contributed by atoms with Gasteiger partial charge in [0, 0.05) is 5.30 Å². The Hall–Kier alpha value is -0.680. The number of benzene rings is 1. The van der Waals surface area contributed by atoms with Crippen LogP contribution in [-0.4, -0.2) is 0 Å². The van der Waals surface area contributed by atoms with Crippen LogP contribution < -0.4 is 5.30 Å². The Morgan fingerprint density at radius 2 is 1.70 bits per heavy atom. The Labute approximate surface area is 62.3 Å². The fraction of sp³-hybridized carbons (Fsp3) is 0.250. The van der Waals surface area contributed by atoms with E-state index in [0.29, 0.717) is 0 Å². The lowest BCUT2D eigenvalue weighted by Gasteiger charge is -1.98. The molecule has 2 heteroatoms. The smallest absolute Gasteiger partial charge is 0.192 e. The van der Waals surface area contributed by atoms with Gasteiger partial charge in [0.15, 0.2) is 8.46 Å². The minimum absolute atomic E-state index is 0.125. The van der Waals surface area contributed by atoms with Crippen molar-refractivity contribution in [3.8, 4) is 0 Å². The van der Waals surface area contributed by atoms with E-state index >= 15 is 0 Å². The zero-order valence-electron chi connectivity index (χ0n) is 6.09. The highest BCUT2D eigenvalue weighted by Crippen LogP contribution is 2.06. The molecular formula is C8H9OP. The maximum atomic E-state index is 10.5. The summed E-state index contributed by atoms with van der Waals surface area (Å²) < 4.78 is 10.5. The van der Waals surface area contributed by atoms with Crippen molar-refractivity contribution in [2.45, 2.75) is 13.8 Å². The van der Waals surface area contributed by atoms with Crippen molar-refractivity contribution in [3.05, 3.63) is 29.3 Å². The van der Waals surface area contributed by atoms with Crippen LogP contribution in [0.2, 0.25) is 0 Å². The van der Waals surface area contributed by atoms with Gasteiger partial charge in [-0.05, 0) is 25.0 Å². The normalized spacial score (nSPS) is 10.2. The molecule has 52 valence electrons. The number of hydrogen-bond acceptors (Lipinski definition) is 1. The fourth-order valence-electron chi connectivity index (χ4n) is 0.950. The van der Waals surface area contributed by atoms with Gasteiger partial charge in [-0.2, -0.15) is 0 Å². The summed E-state index contributed by atoms with van der Waals surface area (Å²) in [5.74, 6) is 0. The van der Waals surface area contributed by atoms with Crippen molar-refractivity contribution in [3.63, 3.8) is 0 Å². The van der Waals surface area contributed by atoms with Crippen LogP contribution in [0.4, 0.5) is 0 Å². The standard InChI is InChI=1S/C8H9OP/c1-6-4-3-5-7(2)8(6)10-9/h3-5H,1-2H3. The van der Waals surface area contributed by atoms with Gasteiger partial charge in [-0.3, -0.25) is 4.57 Å². The number of hydrogen-bond donors (Lipinski definition) is 0. The summed E-state index contributed by atoms with van der Waals surface area (Å²) in [4.78, 5) is 0. The van der Waals surface area contributed by atoms with Crippen LogP contribution in [0.25, 0.3) is 0 Å². The third-order valence-corrected chi connectivity index (χ3v) is 2.42. The molecule has 0 N–H and O–H groups in total. The van der Waals surface area contributed by atoms with E-state index < -0.39 is 0 Å². The molecule has 0 atom stereocenters. The Bertz CT molecular complexity index is 235. The van der Waals surface area contributed by atoms with E-state index in [9.17, 15) is 4.57 Å². The van der Waals surface area contributed by atoms with E-state index in [1.807, 2.05) is 32.0 Å². The molecule has 1 rings (SSSR count). The van der Waals surface area contributed by atoms with Crippen LogP contribution in [-0.2, 0) is 4.57 Å². The van der Waals surface area contributed by atoms with E-state index in [-0.39, 0.29) is 8.46 Å². The molecule has 0 aliphatic carbocycles. The second kappa shape index (κ2) is 2.94. The summed E-state index contributed by atoms with van der Waals surface area (Å²) in [6.07, 6.45) is 0. The number of aryl methyl sites for hydroxylation is 2. The van der Waals surface area contributed by atoms with Crippen LogP contribution in [0.3, 0.4) is 0 Å². The van der Waals surface area contributed by atoms with Gasteiger partial charge in [-0.1, -0.05) is 18.2 Å². The van der Waals surface area contributed by atoms with Gasteiger partial charge in [-0.25, -0.2) is 0 Å². The average molecular weight is 152 g/mol. The van der Waals surface area contributed by atoms with Crippen LogP contribution in [0.5, 0.6) is 0 Å². The minimum atomic E-state index is 0.125. The first-order chi connectivity index (χ1) is 4.75. The van der Waals surface area contributed by atoms with E-state index in [0.717, 1.165) is 16.4 Å². The molecule has 0 heterocycles. The van der Waals surface area contributed by atoms with Crippen molar-refractivity contribution in [2.24, 2.45) is 0 Å². The number of rotatable bonds is 1. The Kier molecular flexibility index (Phi) is 2.18. The third kappa shape index (κ3) is 1.25. The summed E-state index contributed by atoms with van der Waals surface area (Å²) in [7, 11) is 0.125. The molecular weight excluding hydrogens is 143 g/mol. The quantitative estimate of drug-likeness (QED) is 0.564. The van der Waals surface area contributed by atoms with Crippen LogP contribution >= 0.6 is 8.46 Å². The first kappa shape index (κ1) is 7.43. The van der Waals surface area contributed by atoms with Gasteiger partial charge >= 0.3 is 0 Å². The topological polar surface area (TPSA) is 17.1 Å². The maximum Gasteiger partial charge on any atom is 0.192 e. The largest absolute Gasteiger partial charge is 0.269 e. The lowest BCUT2D eigenvalue weighted by Crippen LogP contribution is -2.01. The third-order valence-electron chi connectivity index (χ3n) is 1.53. The lowest BCUT2D eigenvalue weighted by atomic mass is 10.2. The molecule has 0 unspecified atom stereocenters. The van der Waals surface area contributed by atoms with Crippen LogP contribution in [0, 0.1) is 13.8 Å². The van der Waals surface area contributed by atoms with Gasteiger partial charge in [0.25, 0.3) is 0 Å². The highest BCUT2D eigenvalue weighted by atomic mass is 31.1. The van der Waals surface area contributed by atoms with Crippen LogP contribution in [0.1, 0.15) is 11.1 Å². The van der Waals surface area contributed by atoms with Gasteiger partial charge < -0.3 is 0 Å². The minimum Gasteiger partial charge on any atom is -0.269 e. The summed E-state index contributed by atoms with van der Waals surface area (Å²) in [5.41, 5.74) is 2.19. The second-order valence-electron chi connectivity index (χ2n) is 2.33. The molecule has 0 amide bonds. The zero-order valence-corrected chi connectivity index (χ0v) is 6.98. The molecule has 0 saturated carbocycles. The van der Waals surface area contributed by atoms with Crippen molar-refractivity contribution in [2.75, 3.05) is 0 Å². The molecule has 0 aliphatic heterocycles. The molecule has 0 aromatic heterocycles. The summed E-state index contributed by atoms with van der Waals surface area (Å²) in [6.45, 7) is 3.93. The average Bonchev–Trinajstić information content (AvgIpc) is 1.88. The van der Waals surface area contributed by atoms with Crippen molar-refractivity contribution in [1.29, 1.82) is 0 Å². The van der Waals surface area contributed by atoms with E-state index in [1.165, 1.54) is 0 Å². The van der Waals surface area contributed by atoms with E-state index in [2.05, 4.69) is 0 Å². The first-order valence-electron chi connectivity index (χ1n) is 3.15. The summed E-state index contributed by atoms with van der Waals surface area (Å²) in [5, 5.41) is 0.919. The molecule has 0 aliphatic rings. The zero-order chi connectivity index (χ0) is 7.56. The van der Waals surface area contributed by atoms with Crippen molar-refractivity contribution in [1.82, 2.24) is 0 Å². The molecule has 10 heavy (non-hydrogen) atoms. The van der Waals surface area contributed by atoms with Gasteiger partial charge in [0.1, 0.15) is 0 Å². The molecule has 0 radical (unpaired) electrons. The summed E-state index contributed by atoms with van der Waals surface area (Å²) >= 11 is 0. The molecule has 0 spiro atoms. The predicted molar refractivity (Wildman–Crippen MR) is 43.2 cm³/mol. The highest BCUT2D eigenvalue weighted by molar-refractivity contribution is 7.34. The van der Waals surface area contributed by atoms with Gasteiger partial charge in [0.2, 0.25) is 0 Å². The highest BCUT2D eigenvalue weighted by Gasteiger charge is 1.98.